The topological polar surface area (TPSA) is 54.5 Å². The van der Waals surface area contributed by atoms with Crippen molar-refractivity contribution in [3.05, 3.63) is 71.0 Å². The average Bonchev–Trinajstić information content (AvgIpc) is 3.17. The number of nitrogens with one attached hydrogen (secondary N) is 1. The predicted octanol–water partition coefficient (Wildman–Crippen LogP) is 4.08. The molecule has 2 fully saturated rings. The third-order valence-corrected chi connectivity index (χ3v) is 6.40. The van der Waals surface area contributed by atoms with Gasteiger partial charge in [0, 0.05) is 49.7 Å². The molecule has 0 saturated carbocycles. The molecule has 1 unspecified atom stereocenters. The molecule has 1 amide bonds. The van der Waals surface area contributed by atoms with Gasteiger partial charge >= 0.3 is 0 Å². The molecule has 2 saturated heterocycles. The number of nitrogens with zero attached hydrogens (tertiary/aromatic N) is 2. The van der Waals surface area contributed by atoms with Crippen molar-refractivity contribution in [1.82, 2.24) is 15.2 Å². The fourth-order valence-corrected chi connectivity index (χ4v) is 4.52. The fraction of sp³-hybridized carbons (Fsp3) is 0.417. The lowest BCUT2D eigenvalue weighted by atomic mass is 9.88. The van der Waals surface area contributed by atoms with Crippen LogP contribution in [0.15, 0.2) is 54.9 Å². The summed E-state index contributed by atoms with van der Waals surface area (Å²) < 4.78 is 6.42. The minimum Gasteiger partial charge on any atom is -0.370 e. The van der Waals surface area contributed by atoms with Gasteiger partial charge in [0.1, 0.15) is 0 Å². The Morgan fingerprint density at radius 3 is 2.83 bits per heavy atom. The minimum absolute atomic E-state index is 0.0196. The Balaban J connectivity index is 1.20. The van der Waals surface area contributed by atoms with Gasteiger partial charge < -0.3 is 10.1 Å². The van der Waals surface area contributed by atoms with E-state index < -0.39 is 0 Å². The summed E-state index contributed by atoms with van der Waals surface area (Å²) in [4.78, 5) is 18.8. The number of likely N-dealkylation sites (tertiary alicyclic amines) is 1. The first-order valence-corrected chi connectivity index (χ1v) is 11.0. The highest BCUT2D eigenvalue weighted by Crippen LogP contribution is 2.39. The van der Waals surface area contributed by atoms with Crippen LogP contribution >= 0.6 is 11.6 Å². The smallest absolute Gasteiger partial charge is 0.244 e. The van der Waals surface area contributed by atoms with E-state index in [9.17, 15) is 4.79 Å². The molecule has 6 heteroatoms. The number of benzene rings is 1. The summed E-state index contributed by atoms with van der Waals surface area (Å²) in [7, 11) is 0. The van der Waals surface area contributed by atoms with Crippen molar-refractivity contribution in [3.63, 3.8) is 0 Å². The molecule has 3 heterocycles. The molecule has 1 aromatic carbocycles. The van der Waals surface area contributed by atoms with Crippen molar-refractivity contribution >= 4 is 23.6 Å². The SMILES string of the molecule is O=C(/C=C/c1ccccc1Cl)NCC1CCC2(CCN(Cc3cccnc3)CC2)O1. The summed E-state index contributed by atoms with van der Waals surface area (Å²) in [5.41, 5.74) is 2.07. The summed E-state index contributed by atoms with van der Waals surface area (Å²) in [5.74, 6) is -0.120. The van der Waals surface area contributed by atoms with Crippen LogP contribution in [-0.2, 0) is 16.1 Å². The van der Waals surface area contributed by atoms with Crippen LogP contribution in [0.4, 0.5) is 0 Å². The molecule has 5 nitrogen and oxygen atoms in total. The number of carbonyl (C=O) groups is 1. The number of hydrogen-bond acceptors (Lipinski definition) is 4. The summed E-state index contributed by atoms with van der Waals surface area (Å²) in [6.07, 6.45) is 11.3. The Kier molecular flexibility index (Phi) is 6.82. The maximum Gasteiger partial charge on any atom is 0.244 e. The maximum absolute atomic E-state index is 12.2. The van der Waals surface area contributed by atoms with Crippen LogP contribution in [0.5, 0.6) is 0 Å². The van der Waals surface area contributed by atoms with Crippen molar-refractivity contribution in [3.8, 4) is 0 Å². The van der Waals surface area contributed by atoms with Crippen LogP contribution in [0.2, 0.25) is 5.02 Å². The first-order chi connectivity index (χ1) is 14.6. The van der Waals surface area contributed by atoms with Crippen molar-refractivity contribution in [2.45, 2.75) is 43.9 Å². The average molecular weight is 426 g/mol. The number of rotatable bonds is 6. The molecule has 0 bridgehead atoms. The van der Waals surface area contributed by atoms with Gasteiger partial charge in [-0.1, -0.05) is 35.9 Å². The molecule has 1 N–H and O–H groups in total. The first-order valence-electron chi connectivity index (χ1n) is 10.6. The number of pyridine rings is 1. The Labute approximate surface area is 183 Å². The molecule has 30 heavy (non-hydrogen) atoms. The van der Waals surface area contributed by atoms with Gasteiger partial charge in [-0.3, -0.25) is 14.7 Å². The largest absolute Gasteiger partial charge is 0.370 e. The highest BCUT2D eigenvalue weighted by atomic mass is 35.5. The van der Waals surface area contributed by atoms with Crippen molar-refractivity contribution in [2.24, 2.45) is 0 Å². The van der Waals surface area contributed by atoms with E-state index in [1.807, 2.05) is 42.7 Å². The monoisotopic (exact) mass is 425 g/mol. The maximum atomic E-state index is 12.2. The lowest BCUT2D eigenvalue weighted by molar-refractivity contribution is -0.118. The highest BCUT2D eigenvalue weighted by Gasteiger charge is 2.42. The van der Waals surface area contributed by atoms with E-state index in [1.165, 1.54) is 11.6 Å². The molecule has 158 valence electrons. The zero-order chi connectivity index (χ0) is 20.8. The third-order valence-electron chi connectivity index (χ3n) is 6.06. The number of aromatic nitrogens is 1. The van der Waals surface area contributed by atoms with Gasteiger partial charge in [-0.05, 0) is 55.0 Å². The molecular formula is C24H28ClN3O2. The Hall–Kier alpha value is -2.21. The standard InChI is InChI=1S/C24H28ClN3O2/c25-22-6-2-1-5-20(22)7-8-23(29)27-17-21-9-10-24(30-21)11-14-28(15-12-24)18-19-4-3-13-26-16-19/h1-8,13,16,21H,9-12,14-15,17-18H2,(H,27,29)/b8-7+. The number of hydrogen-bond donors (Lipinski definition) is 1. The highest BCUT2D eigenvalue weighted by molar-refractivity contribution is 6.32. The van der Waals surface area contributed by atoms with E-state index in [0.29, 0.717) is 11.6 Å². The summed E-state index contributed by atoms with van der Waals surface area (Å²) >= 11 is 6.12. The Morgan fingerprint density at radius 2 is 2.07 bits per heavy atom. The predicted molar refractivity (Wildman–Crippen MR) is 119 cm³/mol. The van der Waals surface area contributed by atoms with Crippen LogP contribution in [0.3, 0.4) is 0 Å². The number of piperidine rings is 1. The van der Waals surface area contributed by atoms with Crippen molar-refractivity contribution in [1.29, 1.82) is 0 Å². The second kappa shape index (κ2) is 9.73. The third kappa shape index (κ3) is 5.48. The van der Waals surface area contributed by atoms with Crippen LogP contribution in [-0.4, -0.2) is 47.1 Å². The lowest BCUT2D eigenvalue weighted by Gasteiger charge is -2.39. The molecule has 1 spiro atoms. The summed E-state index contributed by atoms with van der Waals surface area (Å²) in [6, 6.07) is 11.6. The molecule has 0 aliphatic carbocycles. The zero-order valence-electron chi connectivity index (χ0n) is 17.1. The van der Waals surface area contributed by atoms with E-state index in [-0.39, 0.29) is 17.6 Å². The van der Waals surface area contributed by atoms with Crippen LogP contribution in [0.25, 0.3) is 6.08 Å². The molecule has 2 aromatic rings. The minimum atomic E-state index is -0.120. The normalized spacial score (nSPS) is 21.3. The fourth-order valence-electron chi connectivity index (χ4n) is 4.32. The quantitative estimate of drug-likeness (QED) is 0.708. The lowest BCUT2D eigenvalue weighted by Crippen LogP contribution is -2.44. The van der Waals surface area contributed by atoms with Gasteiger partial charge in [-0.15, -0.1) is 0 Å². The van der Waals surface area contributed by atoms with Crippen LogP contribution in [0.1, 0.15) is 36.8 Å². The molecule has 2 aliphatic rings. The van der Waals surface area contributed by atoms with Crippen LogP contribution < -0.4 is 5.32 Å². The van der Waals surface area contributed by atoms with Crippen LogP contribution in [0, 0.1) is 0 Å². The molecule has 1 atom stereocenters. The van der Waals surface area contributed by atoms with Crippen molar-refractivity contribution < 1.29 is 9.53 Å². The molecule has 4 rings (SSSR count). The van der Waals surface area contributed by atoms with Gasteiger partial charge in [0.25, 0.3) is 0 Å². The number of carbonyl (C=O) groups excluding carboxylic acids is 1. The van der Waals surface area contributed by atoms with Gasteiger partial charge in [-0.2, -0.15) is 0 Å². The van der Waals surface area contributed by atoms with E-state index >= 15 is 0 Å². The van der Waals surface area contributed by atoms with E-state index in [1.54, 1.807) is 6.08 Å². The molecular weight excluding hydrogens is 398 g/mol. The van der Waals surface area contributed by atoms with E-state index in [0.717, 1.165) is 50.9 Å². The van der Waals surface area contributed by atoms with Crippen molar-refractivity contribution in [2.75, 3.05) is 19.6 Å². The number of amides is 1. The Morgan fingerprint density at radius 1 is 1.23 bits per heavy atom. The number of halogens is 1. The molecule has 2 aliphatic heterocycles. The molecule has 1 aromatic heterocycles. The zero-order valence-corrected chi connectivity index (χ0v) is 17.9. The number of ether oxygens (including phenoxy) is 1. The first kappa shape index (κ1) is 21.0. The second-order valence-corrected chi connectivity index (χ2v) is 8.61. The van der Waals surface area contributed by atoms with E-state index in [4.69, 9.17) is 16.3 Å². The summed E-state index contributed by atoms with van der Waals surface area (Å²) in [5, 5.41) is 3.60. The van der Waals surface area contributed by atoms with Gasteiger partial charge in [0.15, 0.2) is 0 Å². The van der Waals surface area contributed by atoms with E-state index in [2.05, 4.69) is 21.3 Å². The molecule has 0 radical (unpaired) electrons. The summed E-state index contributed by atoms with van der Waals surface area (Å²) in [6.45, 7) is 3.57. The Bertz CT molecular complexity index is 879. The van der Waals surface area contributed by atoms with Gasteiger partial charge in [0.2, 0.25) is 5.91 Å². The van der Waals surface area contributed by atoms with Gasteiger partial charge in [-0.25, -0.2) is 0 Å². The second-order valence-electron chi connectivity index (χ2n) is 8.20. The van der Waals surface area contributed by atoms with Gasteiger partial charge in [0.05, 0.1) is 11.7 Å².